The summed E-state index contributed by atoms with van der Waals surface area (Å²) in [6.07, 6.45) is 3.71. The number of carboxylic acid groups (broad SMARTS) is 1. The van der Waals surface area contributed by atoms with E-state index in [1.807, 2.05) is 42.0 Å². The average Bonchev–Trinajstić information content (AvgIpc) is 2.99. The van der Waals surface area contributed by atoms with Crippen molar-refractivity contribution >= 4 is 22.7 Å². The zero-order chi connectivity index (χ0) is 21.9. The third kappa shape index (κ3) is 2.71. The number of carbonyl (C=O) groups is 2. The van der Waals surface area contributed by atoms with Gasteiger partial charge in [-0.25, -0.2) is 4.79 Å². The first-order valence-corrected chi connectivity index (χ1v) is 11.1. The SMILES string of the molecule is CCC(C(=O)O)(C1CCOCC1)n1cc(C(=O)C2C(C)(C)C2(C)C)c2ccccc21. The first-order valence-electron chi connectivity index (χ1n) is 11.1. The highest BCUT2D eigenvalue weighted by atomic mass is 16.5. The van der Waals surface area contributed by atoms with E-state index < -0.39 is 11.5 Å². The molecule has 2 aliphatic rings. The van der Waals surface area contributed by atoms with Crippen LogP contribution >= 0.6 is 0 Å². The Morgan fingerprint density at radius 2 is 1.73 bits per heavy atom. The number of aliphatic carboxylic acids is 1. The fourth-order valence-corrected chi connectivity index (χ4v) is 5.97. The van der Waals surface area contributed by atoms with Crippen LogP contribution in [0.5, 0.6) is 0 Å². The fraction of sp³-hybridized carbons (Fsp3) is 0.600. The van der Waals surface area contributed by atoms with Crippen molar-refractivity contribution in [3.8, 4) is 0 Å². The smallest absolute Gasteiger partial charge is 0.330 e. The molecule has 1 unspecified atom stereocenters. The van der Waals surface area contributed by atoms with E-state index in [9.17, 15) is 14.7 Å². The predicted octanol–water partition coefficient (Wildman–Crippen LogP) is 5.12. The van der Waals surface area contributed by atoms with Gasteiger partial charge < -0.3 is 14.4 Å². The van der Waals surface area contributed by atoms with Gasteiger partial charge >= 0.3 is 5.97 Å². The number of para-hydroxylation sites is 1. The normalized spacial score (nSPS) is 23.2. The molecule has 0 radical (unpaired) electrons. The molecule has 1 atom stereocenters. The maximum Gasteiger partial charge on any atom is 0.330 e. The molecule has 2 aromatic rings. The molecule has 1 saturated heterocycles. The molecule has 0 amide bonds. The van der Waals surface area contributed by atoms with E-state index >= 15 is 0 Å². The summed E-state index contributed by atoms with van der Waals surface area (Å²) >= 11 is 0. The summed E-state index contributed by atoms with van der Waals surface area (Å²) in [5.41, 5.74) is 0.259. The second kappa shape index (κ2) is 6.94. The van der Waals surface area contributed by atoms with Gasteiger partial charge in [-0.05, 0) is 42.1 Å². The Bertz CT molecular complexity index is 982. The maximum absolute atomic E-state index is 13.6. The van der Waals surface area contributed by atoms with Crippen LogP contribution in [0.2, 0.25) is 0 Å². The van der Waals surface area contributed by atoms with Gasteiger partial charge in [0.2, 0.25) is 0 Å². The molecule has 1 aliphatic carbocycles. The van der Waals surface area contributed by atoms with Crippen molar-refractivity contribution < 1.29 is 19.4 Å². The van der Waals surface area contributed by atoms with Crippen molar-refractivity contribution in [3.63, 3.8) is 0 Å². The van der Waals surface area contributed by atoms with Gasteiger partial charge in [-0.3, -0.25) is 4.79 Å². The third-order valence-corrected chi connectivity index (χ3v) is 8.50. The van der Waals surface area contributed by atoms with Gasteiger partial charge in [0.15, 0.2) is 5.78 Å². The summed E-state index contributed by atoms with van der Waals surface area (Å²) in [4.78, 5) is 26.4. The summed E-state index contributed by atoms with van der Waals surface area (Å²) in [6, 6.07) is 7.75. The molecule has 5 heteroatoms. The fourth-order valence-electron chi connectivity index (χ4n) is 5.97. The predicted molar refractivity (Wildman–Crippen MR) is 117 cm³/mol. The zero-order valence-electron chi connectivity index (χ0n) is 18.7. The van der Waals surface area contributed by atoms with Gasteiger partial charge in [0.1, 0.15) is 5.54 Å². The lowest BCUT2D eigenvalue weighted by Crippen LogP contribution is -2.49. The number of carboxylic acids is 1. The van der Waals surface area contributed by atoms with Crippen LogP contribution in [0.15, 0.2) is 30.5 Å². The molecular weight excluding hydrogens is 378 g/mol. The Hall–Kier alpha value is -2.14. The number of aromatic nitrogens is 1. The highest BCUT2D eigenvalue weighted by molar-refractivity contribution is 6.11. The van der Waals surface area contributed by atoms with Gasteiger partial charge in [0.05, 0.1) is 0 Å². The molecule has 2 heterocycles. The van der Waals surface area contributed by atoms with Crippen LogP contribution in [-0.2, 0) is 15.1 Å². The standard InChI is InChI=1S/C25H33NO4/c1-6-25(22(28)29,16-11-13-30-14-12-16)26-15-18(17-9-7-8-10-19(17)26)20(27)21-23(2,3)24(21,4)5/h7-10,15-16,21H,6,11-14H2,1-5H3,(H,28,29). The van der Waals surface area contributed by atoms with Crippen molar-refractivity contribution in [2.24, 2.45) is 22.7 Å². The lowest BCUT2D eigenvalue weighted by atomic mass is 9.76. The number of benzene rings is 1. The van der Waals surface area contributed by atoms with Gasteiger partial charge in [0.25, 0.3) is 0 Å². The Labute approximate surface area is 178 Å². The number of nitrogens with zero attached hydrogens (tertiary/aromatic N) is 1. The first-order chi connectivity index (χ1) is 14.1. The van der Waals surface area contributed by atoms with Crippen LogP contribution in [0.1, 0.15) is 64.2 Å². The van der Waals surface area contributed by atoms with E-state index in [2.05, 4.69) is 27.7 Å². The summed E-state index contributed by atoms with van der Waals surface area (Å²) in [7, 11) is 0. The van der Waals surface area contributed by atoms with Crippen LogP contribution in [0, 0.1) is 22.7 Å². The first kappa shape index (κ1) is 21.1. The Kier molecular flexibility index (Phi) is 4.89. The molecule has 4 rings (SSSR count). The van der Waals surface area contributed by atoms with Crippen molar-refractivity contribution in [2.45, 2.75) is 59.4 Å². The van der Waals surface area contributed by atoms with Crippen LogP contribution in [0.4, 0.5) is 0 Å². The number of rotatable bonds is 6. The molecule has 5 nitrogen and oxygen atoms in total. The summed E-state index contributed by atoms with van der Waals surface area (Å²) in [6.45, 7) is 11.7. The lowest BCUT2D eigenvalue weighted by molar-refractivity contribution is -0.153. The van der Waals surface area contributed by atoms with E-state index in [4.69, 9.17) is 4.74 Å². The van der Waals surface area contributed by atoms with Crippen LogP contribution in [0.25, 0.3) is 10.9 Å². The quantitative estimate of drug-likeness (QED) is 0.670. The van der Waals surface area contributed by atoms with Gasteiger partial charge in [-0.2, -0.15) is 0 Å². The molecule has 1 aromatic carbocycles. The van der Waals surface area contributed by atoms with Crippen molar-refractivity contribution in [2.75, 3.05) is 13.2 Å². The van der Waals surface area contributed by atoms with Gasteiger partial charge in [-0.1, -0.05) is 52.8 Å². The molecule has 2 fully saturated rings. The Morgan fingerprint density at radius 1 is 1.13 bits per heavy atom. The van der Waals surface area contributed by atoms with Crippen LogP contribution in [0.3, 0.4) is 0 Å². The molecule has 1 aliphatic heterocycles. The molecule has 1 N–H and O–H groups in total. The molecule has 1 aromatic heterocycles. The number of hydrogen-bond acceptors (Lipinski definition) is 3. The summed E-state index contributed by atoms with van der Waals surface area (Å²) in [5.74, 6) is -0.805. The molecule has 1 saturated carbocycles. The molecule has 162 valence electrons. The highest BCUT2D eigenvalue weighted by Gasteiger charge is 2.68. The Morgan fingerprint density at radius 3 is 2.27 bits per heavy atom. The minimum atomic E-state index is -1.09. The number of carbonyl (C=O) groups excluding carboxylic acids is 1. The van der Waals surface area contributed by atoms with E-state index in [0.29, 0.717) is 38.0 Å². The van der Waals surface area contributed by atoms with E-state index in [1.54, 1.807) is 0 Å². The van der Waals surface area contributed by atoms with Gasteiger partial charge in [0, 0.05) is 41.8 Å². The maximum atomic E-state index is 13.6. The van der Waals surface area contributed by atoms with Crippen LogP contribution in [-0.4, -0.2) is 34.6 Å². The molecular formula is C25H33NO4. The number of fused-ring (bicyclic) bond motifs is 1. The number of ether oxygens (including phenoxy) is 1. The number of ketones is 1. The van der Waals surface area contributed by atoms with Gasteiger partial charge in [-0.15, -0.1) is 0 Å². The summed E-state index contributed by atoms with van der Waals surface area (Å²) < 4.78 is 7.41. The molecule has 0 spiro atoms. The van der Waals surface area contributed by atoms with E-state index in [-0.39, 0.29) is 28.4 Å². The monoisotopic (exact) mass is 411 g/mol. The minimum absolute atomic E-state index is 0.0404. The van der Waals surface area contributed by atoms with E-state index in [1.165, 1.54) is 0 Å². The highest BCUT2D eigenvalue weighted by Crippen LogP contribution is 2.69. The average molecular weight is 412 g/mol. The molecule has 0 bridgehead atoms. The number of Topliss-reactive ketones (excluding diaryl/α,β-unsaturated/α-hetero) is 1. The van der Waals surface area contributed by atoms with E-state index in [0.717, 1.165) is 10.9 Å². The summed E-state index contributed by atoms with van der Waals surface area (Å²) in [5, 5.41) is 11.3. The largest absolute Gasteiger partial charge is 0.479 e. The van der Waals surface area contributed by atoms with Crippen molar-refractivity contribution in [1.29, 1.82) is 0 Å². The zero-order valence-corrected chi connectivity index (χ0v) is 18.7. The second-order valence-electron chi connectivity index (χ2n) is 10.1. The van der Waals surface area contributed by atoms with Crippen LogP contribution < -0.4 is 0 Å². The second-order valence-corrected chi connectivity index (χ2v) is 10.1. The van der Waals surface area contributed by atoms with Crippen molar-refractivity contribution in [1.82, 2.24) is 4.57 Å². The topological polar surface area (TPSA) is 68.5 Å². The number of hydrogen-bond donors (Lipinski definition) is 1. The third-order valence-electron chi connectivity index (χ3n) is 8.50. The lowest BCUT2D eigenvalue weighted by Gasteiger charge is -2.40. The minimum Gasteiger partial charge on any atom is -0.479 e. The van der Waals surface area contributed by atoms with Crippen molar-refractivity contribution in [3.05, 3.63) is 36.0 Å². The molecule has 30 heavy (non-hydrogen) atoms. The Balaban J connectivity index is 1.90.